The molecule has 2 saturated heterocycles. The molecule has 0 unspecified atom stereocenters. The van der Waals surface area contributed by atoms with Crippen molar-refractivity contribution in [2.75, 3.05) is 39.4 Å². The van der Waals surface area contributed by atoms with Crippen LogP contribution in [0.1, 0.15) is 12.8 Å². The van der Waals surface area contributed by atoms with Crippen molar-refractivity contribution in [2.24, 2.45) is 5.92 Å². The summed E-state index contributed by atoms with van der Waals surface area (Å²) < 4.78 is 5.21. The van der Waals surface area contributed by atoms with Crippen LogP contribution in [0.3, 0.4) is 0 Å². The monoisotopic (exact) mass is 238 g/mol. The molecule has 2 amide bonds. The summed E-state index contributed by atoms with van der Waals surface area (Å²) in [6.07, 6.45) is 1.37. The lowest BCUT2D eigenvalue weighted by Crippen LogP contribution is -2.50. The third kappa shape index (κ3) is 2.97. The molecule has 2 aliphatic heterocycles. The van der Waals surface area contributed by atoms with Crippen LogP contribution < -0.4 is 0 Å². The number of carbonyl (C=O) groups excluding carboxylic acids is 2. The van der Waals surface area contributed by atoms with Crippen LogP contribution in [0.25, 0.3) is 0 Å². The second-order valence-electron chi connectivity index (χ2n) is 4.55. The summed E-state index contributed by atoms with van der Waals surface area (Å²) in [6.45, 7) is 9.07. The topological polar surface area (TPSA) is 49.9 Å². The maximum absolute atomic E-state index is 12.1. The van der Waals surface area contributed by atoms with E-state index in [0.29, 0.717) is 52.2 Å². The smallest absolute Gasteiger partial charge is 0.320 e. The Balaban J connectivity index is 1.83. The van der Waals surface area contributed by atoms with Gasteiger partial charge in [-0.2, -0.15) is 0 Å². The first-order valence-electron chi connectivity index (χ1n) is 6.09. The fourth-order valence-electron chi connectivity index (χ4n) is 2.31. The van der Waals surface area contributed by atoms with Gasteiger partial charge in [0.05, 0.1) is 13.2 Å². The molecule has 0 atom stereocenters. The molecule has 0 saturated carbocycles. The number of rotatable bonds is 1. The van der Waals surface area contributed by atoms with Crippen molar-refractivity contribution < 1.29 is 14.3 Å². The van der Waals surface area contributed by atoms with E-state index in [0.717, 1.165) is 0 Å². The van der Waals surface area contributed by atoms with Gasteiger partial charge in [-0.25, -0.2) is 4.79 Å². The molecule has 5 nitrogen and oxygen atoms in total. The number of likely N-dealkylation sites (tertiary alicyclic amines) is 1. The molecule has 2 radical (unpaired) electrons. The number of hydrogen-bond donors (Lipinski definition) is 0. The van der Waals surface area contributed by atoms with Gasteiger partial charge in [-0.1, -0.05) is 0 Å². The lowest BCUT2D eigenvalue weighted by Gasteiger charge is -2.36. The average molecular weight is 238 g/mol. The van der Waals surface area contributed by atoms with Crippen LogP contribution >= 0.6 is 0 Å². The standard InChI is InChI=1S/C12H18N2O3/c1-10(15)11-2-4-13(5-3-11)12(16)14-6-8-17-9-7-14/h1,11H,2-9H2. The maximum Gasteiger partial charge on any atom is 0.320 e. The maximum atomic E-state index is 12.1. The molecule has 2 rings (SSSR count). The molecule has 2 fully saturated rings. The van der Waals surface area contributed by atoms with Gasteiger partial charge in [-0.3, -0.25) is 4.79 Å². The quantitative estimate of drug-likeness (QED) is 0.665. The van der Waals surface area contributed by atoms with Crippen molar-refractivity contribution in [3.05, 3.63) is 6.92 Å². The summed E-state index contributed by atoms with van der Waals surface area (Å²) in [5.41, 5.74) is 0. The van der Waals surface area contributed by atoms with Crippen molar-refractivity contribution in [3.63, 3.8) is 0 Å². The summed E-state index contributed by atoms with van der Waals surface area (Å²) in [5.74, 6) is -0.313. The highest BCUT2D eigenvalue weighted by Crippen LogP contribution is 2.19. The average Bonchev–Trinajstić information content (AvgIpc) is 2.39. The molecule has 0 bridgehead atoms. The number of Topliss-reactive ketones (excluding diaryl/α,β-unsaturated/α-hetero) is 1. The first-order chi connectivity index (χ1) is 8.18. The number of carbonyl (C=O) groups is 2. The highest BCUT2D eigenvalue weighted by molar-refractivity contribution is 5.85. The van der Waals surface area contributed by atoms with E-state index >= 15 is 0 Å². The minimum atomic E-state index is -0.247. The Bertz CT molecular complexity index is 292. The number of amides is 2. The molecule has 2 heterocycles. The van der Waals surface area contributed by atoms with Crippen LogP contribution in [0.4, 0.5) is 4.79 Å². The Morgan fingerprint density at radius 2 is 1.53 bits per heavy atom. The van der Waals surface area contributed by atoms with Gasteiger partial charge < -0.3 is 14.5 Å². The molecule has 0 N–H and O–H groups in total. The van der Waals surface area contributed by atoms with Crippen molar-refractivity contribution in [1.29, 1.82) is 0 Å². The normalized spacial score (nSPS) is 22.6. The van der Waals surface area contributed by atoms with Crippen LogP contribution in [0.5, 0.6) is 0 Å². The predicted molar refractivity (Wildman–Crippen MR) is 61.4 cm³/mol. The van der Waals surface area contributed by atoms with E-state index < -0.39 is 0 Å². The molecular weight excluding hydrogens is 220 g/mol. The molecule has 0 aromatic rings. The fraction of sp³-hybridized carbons (Fsp3) is 0.750. The van der Waals surface area contributed by atoms with E-state index in [4.69, 9.17) is 11.7 Å². The number of hydrogen-bond acceptors (Lipinski definition) is 3. The van der Waals surface area contributed by atoms with Crippen molar-refractivity contribution in [1.82, 2.24) is 9.80 Å². The van der Waals surface area contributed by atoms with Crippen LogP contribution in [0, 0.1) is 12.8 Å². The van der Waals surface area contributed by atoms with Crippen LogP contribution in [-0.2, 0) is 9.53 Å². The minimum Gasteiger partial charge on any atom is -0.378 e. The van der Waals surface area contributed by atoms with Gasteiger partial charge in [0.2, 0.25) is 0 Å². The molecule has 94 valence electrons. The van der Waals surface area contributed by atoms with Gasteiger partial charge in [0.25, 0.3) is 0 Å². The van der Waals surface area contributed by atoms with Gasteiger partial charge >= 0.3 is 6.03 Å². The summed E-state index contributed by atoms with van der Waals surface area (Å²) in [5, 5.41) is 0. The first-order valence-corrected chi connectivity index (χ1v) is 6.09. The van der Waals surface area contributed by atoms with E-state index in [2.05, 4.69) is 0 Å². The largest absolute Gasteiger partial charge is 0.378 e. The third-order valence-corrected chi connectivity index (χ3v) is 3.45. The lowest BCUT2D eigenvalue weighted by molar-refractivity contribution is -0.119. The fourth-order valence-corrected chi connectivity index (χ4v) is 2.31. The zero-order valence-electron chi connectivity index (χ0n) is 9.93. The van der Waals surface area contributed by atoms with E-state index in [1.807, 2.05) is 9.80 Å². The zero-order chi connectivity index (χ0) is 12.3. The lowest BCUT2D eigenvalue weighted by atomic mass is 9.93. The number of morpholine rings is 1. The highest BCUT2D eigenvalue weighted by Gasteiger charge is 2.28. The second-order valence-corrected chi connectivity index (χ2v) is 4.55. The van der Waals surface area contributed by atoms with Gasteiger partial charge in [-0.15, -0.1) is 0 Å². The van der Waals surface area contributed by atoms with Crippen LogP contribution in [0.15, 0.2) is 0 Å². The SMILES string of the molecule is [CH]C(=O)C1CCN(C(=O)N2CCOCC2)CC1. The number of piperidine rings is 1. The van der Waals surface area contributed by atoms with E-state index in [9.17, 15) is 9.59 Å². The minimum absolute atomic E-state index is 0.0659. The summed E-state index contributed by atoms with van der Waals surface area (Å²) in [4.78, 5) is 26.8. The summed E-state index contributed by atoms with van der Waals surface area (Å²) in [6, 6.07) is 0.0659. The van der Waals surface area contributed by atoms with Gasteiger partial charge in [0.15, 0.2) is 0 Å². The second kappa shape index (κ2) is 5.49. The Morgan fingerprint density at radius 1 is 1.00 bits per heavy atom. The number of urea groups is 1. The van der Waals surface area contributed by atoms with Gasteiger partial charge in [0, 0.05) is 39.0 Å². The Morgan fingerprint density at radius 3 is 2.06 bits per heavy atom. The Kier molecular flexibility index (Phi) is 3.99. The summed E-state index contributed by atoms with van der Waals surface area (Å²) in [7, 11) is 0. The Hall–Kier alpha value is -1.10. The molecule has 0 aliphatic carbocycles. The molecule has 0 spiro atoms. The van der Waals surface area contributed by atoms with Crippen molar-refractivity contribution >= 4 is 11.8 Å². The molecule has 2 aliphatic rings. The van der Waals surface area contributed by atoms with Crippen LogP contribution in [0.2, 0.25) is 0 Å². The highest BCUT2D eigenvalue weighted by atomic mass is 16.5. The first kappa shape index (κ1) is 12.4. The number of ketones is 1. The van der Waals surface area contributed by atoms with E-state index in [1.54, 1.807) is 0 Å². The molecular formula is C12H18N2O3. The number of ether oxygens (including phenoxy) is 1. The molecule has 0 aromatic carbocycles. The van der Waals surface area contributed by atoms with Crippen LogP contribution in [-0.4, -0.2) is 61.0 Å². The molecule has 17 heavy (non-hydrogen) atoms. The van der Waals surface area contributed by atoms with Gasteiger partial charge in [-0.05, 0) is 12.8 Å². The van der Waals surface area contributed by atoms with Crippen molar-refractivity contribution in [2.45, 2.75) is 12.8 Å². The third-order valence-electron chi connectivity index (χ3n) is 3.45. The molecule has 0 aromatic heterocycles. The van der Waals surface area contributed by atoms with E-state index in [1.165, 1.54) is 0 Å². The van der Waals surface area contributed by atoms with E-state index in [-0.39, 0.29) is 17.7 Å². The zero-order valence-corrected chi connectivity index (χ0v) is 9.93. The number of nitrogens with zero attached hydrogens (tertiary/aromatic N) is 2. The Labute approximate surface area is 102 Å². The summed E-state index contributed by atoms with van der Waals surface area (Å²) >= 11 is 0. The van der Waals surface area contributed by atoms with Crippen molar-refractivity contribution in [3.8, 4) is 0 Å². The predicted octanol–water partition coefficient (Wildman–Crippen LogP) is 0.431. The molecule has 5 heteroatoms. The van der Waals surface area contributed by atoms with Gasteiger partial charge in [0.1, 0.15) is 5.78 Å².